The van der Waals surface area contributed by atoms with Crippen LogP contribution in [0.1, 0.15) is 18.7 Å². The van der Waals surface area contributed by atoms with Gasteiger partial charge in [-0.25, -0.2) is 13.8 Å². The lowest BCUT2D eigenvalue weighted by Crippen LogP contribution is -2.39. The Morgan fingerprint density at radius 3 is 2.82 bits per heavy atom. The molecule has 1 aliphatic rings. The van der Waals surface area contributed by atoms with Gasteiger partial charge >= 0.3 is 0 Å². The minimum absolute atomic E-state index is 0.0246. The molecular formula is C33H28F2N6O3S. The summed E-state index contributed by atoms with van der Waals surface area (Å²) in [6.45, 7) is 5.87. The SMILES string of the molecule is C=CC(=O)N1Cc2cc(-c3nc(-c4ccc5c(cnn5C)c4)c4ccsc4c3-c3c(F)cc(F)cc3OCCO)nn2C(C)C1. The van der Waals surface area contributed by atoms with Crippen molar-refractivity contribution in [1.82, 2.24) is 29.4 Å². The molecule has 0 saturated carbocycles. The first kappa shape index (κ1) is 28.8. The molecule has 12 heteroatoms. The molecule has 0 saturated heterocycles. The van der Waals surface area contributed by atoms with Gasteiger partial charge in [-0.15, -0.1) is 11.3 Å². The fraction of sp³-hybridized carbons (Fsp3) is 0.212. The number of nitrogens with zero attached hydrogens (tertiary/aromatic N) is 6. The Morgan fingerprint density at radius 2 is 2.02 bits per heavy atom. The number of pyridine rings is 1. The fourth-order valence-corrected chi connectivity index (χ4v) is 6.99. The van der Waals surface area contributed by atoms with E-state index < -0.39 is 11.6 Å². The monoisotopic (exact) mass is 626 g/mol. The van der Waals surface area contributed by atoms with Gasteiger partial charge in [0.05, 0.1) is 47.9 Å². The quantitative estimate of drug-likeness (QED) is 0.215. The van der Waals surface area contributed by atoms with E-state index in [9.17, 15) is 14.3 Å². The van der Waals surface area contributed by atoms with Crippen molar-refractivity contribution in [1.29, 1.82) is 0 Å². The molecule has 4 aromatic heterocycles. The summed E-state index contributed by atoms with van der Waals surface area (Å²) in [6.07, 6.45) is 3.08. The molecule has 1 atom stereocenters. The van der Waals surface area contributed by atoms with Gasteiger partial charge in [0, 0.05) is 52.3 Å². The first-order chi connectivity index (χ1) is 21.8. The van der Waals surface area contributed by atoms with E-state index in [4.69, 9.17) is 14.8 Å². The number of hydrogen-bond acceptors (Lipinski definition) is 7. The number of carbonyl (C=O) groups excluding carboxylic acids is 1. The minimum Gasteiger partial charge on any atom is -0.490 e. The molecule has 5 heterocycles. The first-order valence-electron chi connectivity index (χ1n) is 14.3. The van der Waals surface area contributed by atoms with E-state index >= 15 is 4.39 Å². The van der Waals surface area contributed by atoms with Crippen LogP contribution in [-0.4, -0.2) is 60.2 Å². The van der Waals surface area contributed by atoms with Gasteiger partial charge in [0.2, 0.25) is 5.91 Å². The Hall–Kier alpha value is -4.94. The van der Waals surface area contributed by atoms with Crippen LogP contribution in [0.3, 0.4) is 0 Å². The zero-order valence-corrected chi connectivity index (χ0v) is 25.3. The van der Waals surface area contributed by atoms with Gasteiger partial charge in [-0.1, -0.05) is 12.6 Å². The summed E-state index contributed by atoms with van der Waals surface area (Å²) < 4.78 is 40.5. The van der Waals surface area contributed by atoms with Crippen molar-refractivity contribution in [3.8, 4) is 39.5 Å². The van der Waals surface area contributed by atoms with Crippen LogP contribution < -0.4 is 4.74 Å². The first-order valence-corrected chi connectivity index (χ1v) is 15.2. The molecule has 1 aliphatic heterocycles. The fourth-order valence-electron chi connectivity index (χ4n) is 6.04. The molecule has 2 aromatic carbocycles. The molecule has 9 nitrogen and oxygen atoms in total. The normalized spacial score (nSPS) is 14.7. The van der Waals surface area contributed by atoms with E-state index in [1.807, 2.05) is 54.4 Å². The summed E-state index contributed by atoms with van der Waals surface area (Å²) in [6, 6.07) is 11.5. The highest BCUT2D eigenvalue weighted by molar-refractivity contribution is 7.18. The Labute approximate surface area is 260 Å². The molecule has 45 heavy (non-hydrogen) atoms. The standard InChI is InChI=1S/C33H28F2N6O3S/c1-4-28(43)40-16-18(2)41-22(17-40)14-25(38-41)32-30(29-24(35)12-21(34)13-27(29)44-9-8-42)33-23(7-10-45-33)31(37-32)19-5-6-26-20(11-19)15-36-39(26)3/h4-7,10-15,18,42H,1,8-9,16-17H2,2-3H3. The number of benzene rings is 2. The predicted octanol–water partition coefficient (Wildman–Crippen LogP) is 6.12. The predicted molar refractivity (Wildman–Crippen MR) is 169 cm³/mol. The summed E-state index contributed by atoms with van der Waals surface area (Å²) >= 11 is 1.40. The molecule has 7 rings (SSSR count). The van der Waals surface area contributed by atoms with E-state index in [1.54, 1.807) is 15.8 Å². The zero-order valence-electron chi connectivity index (χ0n) is 24.5. The molecule has 0 bridgehead atoms. The van der Waals surface area contributed by atoms with Crippen molar-refractivity contribution >= 4 is 38.2 Å². The van der Waals surface area contributed by atoms with Gasteiger partial charge in [-0.2, -0.15) is 10.2 Å². The van der Waals surface area contributed by atoms with Gasteiger partial charge in [-0.05, 0) is 42.6 Å². The van der Waals surface area contributed by atoms with Crippen molar-refractivity contribution in [2.24, 2.45) is 7.05 Å². The van der Waals surface area contributed by atoms with E-state index in [-0.39, 0.29) is 36.5 Å². The average molecular weight is 627 g/mol. The van der Waals surface area contributed by atoms with Crippen molar-refractivity contribution in [2.45, 2.75) is 19.5 Å². The van der Waals surface area contributed by atoms with E-state index in [0.717, 1.165) is 39.7 Å². The summed E-state index contributed by atoms with van der Waals surface area (Å²) in [5.74, 6) is -1.86. The van der Waals surface area contributed by atoms with E-state index in [0.29, 0.717) is 40.4 Å². The van der Waals surface area contributed by atoms with Crippen LogP contribution in [0, 0.1) is 11.6 Å². The van der Waals surface area contributed by atoms with Gasteiger partial charge < -0.3 is 14.7 Å². The highest BCUT2D eigenvalue weighted by atomic mass is 32.1. The topological polar surface area (TPSA) is 98.3 Å². The van der Waals surface area contributed by atoms with Crippen molar-refractivity contribution in [3.63, 3.8) is 0 Å². The second kappa shape index (κ2) is 11.2. The second-order valence-electron chi connectivity index (χ2n) is 11.0. The lowest BCUT2D eigenvalue weighted by molar-refractivity contribution is -0.127. The molecule has 1 amide bonds. The average Bonchev–Trinajstić information content (AvgIpc) is 3.78. The van der Waals surface area contributed by atoms with Crippen LogP contribution >= 0.6 is 11.3 Å². The van der Waals surface area contributed by atoms with Gasteiger partial charge in [0.25, 0.3) is 0 Å². The lowest BCUT2D eigenvalue weighted by atomic mass is 9.96. The summed E-state index contributed by atoms with van der Waals surface area (Å²) in [4.78, 5) is 19.4. The Kier molecular flexibility index (Phi) is 7.17. The third kappa shape index (κ3) is 4.86. The number of aromatic nitrogens is 5. The number of fused-ring (bicyclic) bond motifs is 3. The highest BCUT2D eigenvalue weighted by Gasteiger charge is 2.30. The molecule has 228 valence electrons. The number of ether oxygens (including phenoxy) is 1. The van der Waals surface area contributed by atoms with E-state index in [2.05, 4.69) is 11.7 Å². The largest absolute Gasteiger partial charge is 0.490 e. The summed E-state index contributed by atoms with van der Waals surface area (Å²) in [7, 11) is 1.88. The third-order valence-corrected chi connectivity index (χ3v) is 8.97. The molecule has 1 unspecified atom stereocenters. The molecule has 0 aliphatic carbocycles. The van der Waals surface area contributed by atoms with Crippen LogP contribution in [0.25, 0.3) is 54.8 Å². The number of hydrogen-bond donors (Lipinski definition) is 1. The molecule has 0 fully saturated rings. The van der Waals surface area contributed by atoms with Crippen LogP contribution in [0.4, 0.5) is 8.78 Å². The molecular weight excluding hydrogens is 598 g/mol. The summed E-state index contributed by atoms with van der Waals surface area (Å²) in [5.41, 5.74) is 4.52. The molecule has 1 N–H and O–H groups in total. The zero-order chi connectivity index (χ0) is 31.4. The number of carbonyl (C=O) groups is 1. The van der Waals surface area contributed by atoms with Gasteiger partial charge in [0.1, 0.15) is 35.4 Å². The van der Waals surface area contributed by atoms with Crippen LogP contribution in [-0.2, 0) is 18.4 Å². The van der Waals surface area contributed by atoms with Gasteiger partial charge in [0.15, 0.2) is 0 Å². The molecule has 6 aromatic rings. The second-order valence-corrected chi connectivity index (χ2v) is 11.9. The molecule has 0 spiro atoms. The third-order valence-electron chi connectivity index (χ3n) is 8.04. The van der Waals surface area contributed by atoms with Crippen molar-refractivity contribution in [2.75, 3.05) is 19.8 Å². The lowest BCUT2D eigenvalue weighted by Gasteiger charge is -2.31. The maximum Gasteiger partial charge on any atom is 0.246 e. The van der Waals surface area contributed by atoms with Crippen LogP contribution in [0.2, 0.25) is 0 Å². The van der Waals surface area contributed by atoms with Crippen LogP contribution in [0.5, 0.6) is 5.75 Å². The number of halogens is 2. The number of thiophene rings is 1. The molecule has 0 radical (unpaired) electrons. The van der Waals surface area contributed by atoms with Crippen molar-refractivity contribution in [3.05, 3.63) is 84.0 Å². The smallest absolute Gasteiger partial charge is 0.246 e. The highest BCUT2D eigenvalue weighted by Crippen LogP contribution is 2.47. The Morgan fingerprint density at radius 1 is 1.18 bits per heavy atom. The minimum atomic E-state index is -0.828. The van der Waals surface area contributed by atoms with Gasteiger partial charge in [-0.3, -0.25) is 14.2 Å². The Bertz CT molecular complexity index is 2130. The van der Waals surface area contributed by atoms with Crippen LogP contribution in [0.15, 0.2) is 66.7 Å². The maximum atomic E-state index is 15.9. The number of aliphatic hydroxyl groups excluding tert-OH is 1. The number of amides is 1. The Balaban J connectivity index is 1.51. The number of aryl methyl sites for hydroxylation is 1. The van der Waals surface area contributed by atoms with E-state index in [1.165, 1.54) is 17.4 Å². The number of rotatable bonds is 7. The maximum absolute atomic E-state index is 15.9. The summed E-state index contributed by atoms with van der Waals surface area (Å²) in [5, 5.41) is 22.4. The number of aliphatic hydroxyl groups is 1. The van der Waals surface area contributed by atoms with Crippen molar-refractivity contribution < 1.29 is 23.4 Å².